The summed E-state index contributed by atoms with van der Waals surface area (Å²) >= 11 is 0. The predicted molar refractivity (Wildman–Crippen MR) is 58.4 cm³/mol. The fourth-order valence-electron chi connectivity index (χ4n) is 3.72. The highest BCUT2D eigenvalue weighted by atomic mass is 16.4. The van der Waals surface area contributed by atoms with Gasteiger partial charge in [0.05, 0.1) is 6.42 Å². The number of carboxylic acid groups (broad SMARTS) is 1. The Balaban J connectivity index is 2.05. The molecule has 0 radical (unpaired) electrons. The number of fused-ring (bicyclic) bond motifs is 1. The van der Waals surface area contributed by atoms with Gasteiger partial charge in [0.1, 0.15) is 0 Å². The normalized spacial score (nSPS) is 40.1. The number of carboxylic acids is 1. The first kappa shape index (κ1) is 10.9. The van der Waals surface area contributed by atoms with Gasteiger partial charge in [-0.05, 0) is 36.6 Å². The molecule has 0 heterocycles. The summed E-state index contributed by atoms with van der Waals surface area (Å²) in [7, 11) is 0. The van der Waals surface area contributed by atoms with E-state index in [4.69, 9.17) is 10.8 Å². The zero-order chi connectivity index (χ0) is 10.9. The summed E-state index contributed by atoms with van der Waals surface area (Å²) in [6.45, 7) is 0.548. The Morgan fingerprint density at radius 2 is 1.80 bits per heavy atom. The molecule has 0 saturated heterocycles. The van der Waals surface area contributed by atoms with Gasteiger partial charge in [0.25, 0.3) is 0 Å². The van der Waals surface area contributed by atoms with Crippen LogP contribution in [-0.4, -0.2) is 17.6 Å². The van der Waals surface area contributed by atoms with Gasteiger partial charge in [-0.25, -0.2) is 0 Å². The van der Waals surface area contributed by atoms with Crippen LogP contribution in [0.1, 0.15) is 44.9 Å². The molecule has 0 aliphatic heterocycles. The molecule has 0 unspecified atom stereocenters. The third kappa shape index (κ3) is 2.17. The minimum atomic E-state index is -0.681. The zero-order valence-electron chi connectivity index (χ0n) is 9.24. The van der Waals surface area contributed by atoms with Gasteiger partial charge in [-0.2, -0.15) is 0 Å². The summed E-state index contributed by atoms with van der Waals surface area (Å²) in [5.41, 5.74) is 5.73. The maximum atomic E-state index is 10.9. The Kier molecular flexibility index (Phi) is 3.01. The molecular formula is C12H21NO2. The number of rotatable bonds is 3. The van der Waals surface area contributed by atoms with Crippen molar-refractivity contribution in [2.75, 3.05) is 6.54 Å². The van der Waals surface area contributed by atoms with E-state index < -0.39 is 5.97 Å². The molecular weight excluding hydrogens is 190 g/mol. The van der Waals surface area contributed by atoms with E-state index >= 15 is 0 Å². The van der Waals surface area contributed by atoms with Crippen molar-refractivity contribution in [1.29, 1.82) is 0 Å². The number of aliphatic carboxylic acids is 1. The smallest absolute Gasteiger partial charge is 0.303 e. The third-order valence-corrected chi connectivity index (χ3v) is 4.42. The van der Waals surface area contributed by atoms with Gasteiger partial charge in [-0.1, -0.05) is 25.7 Å². The molecule has 0 aromatic carbocycles. The maximum absolute atomic E-state index is 10.9. The lowest BCUT2D eigenvalue weighted by Crippen LogP contribution is -2.30. The highest BCUT2D eigenvalue weighted by molar-refractivity contribution is 5.67. The van der Waals surface area contributed by atoms with E-state index in [1.807, 2.05) is 0 Å². The van der Waals surface area contributed by atoms with Crippen molar-refractivity contribution in [2.45, 2.75) is 44.9 Å². The Morgan fingerprint density at radius 1 is 1.27 bits per heavy atom. The Bertz CT molecular complexity index is 238. The van der Waals surface area contributed by atoms with Crippen LogP contribution in [-0.2, 0) is 4.79 Å². The van der Waals surface area contributed by atoms with Crippen LogP contribution in [0.3, 0.4) is 0 Å². The number of hydrogen-bond acceptors (Lipinski definition) is 2. The van der Waals surface area contributed by atoms with Crippen LogP contribution in [0, 0.1) is 17.3 Å². The van der Waals surface area contributed by atoms with Crippen LogP contribution >= 0.6 is 0 Å². The summed E-state index contributed by atoms with van der Waals surface area (Å²) in [4.78, 5) is 10.9. The average Bonchev–Trinajstić information content (AvgIpc) is 2.55. The molecule has 2 aliphatic carbocycles. The molecule has 3 nitrogen and oxygen atoms in total. The molecule has 15 heavy (non-hydrogen) atoms. The van der Waals surface area contributed by atoms with E-state index in [0.717, 1.165) is 24.7 Å². The quantitative estimate of drug-likeness (QED) is 0.750. The minimum absolute atomic E-state index is 0.0779. The summed E-state index contributed by atoms with van der Waals surface area (Å²) in [5, 5.41) is 8.95. The Morgan fingerprint density at radius 3 is 2.20 bits per heavy atom. The fraction of sp³-hybridized carbons (Fsp3) is 0.917. The second-order valence-electron chi connectivity index (χ2n) is 5.49. The van der Waals surface area contributed by atoms with Gasteiger partial charge < -0.3 is 10.8 Å². The first-order valence-electron chi connectivity index (χ1n) is 6.07. The number of carbonyl (C=O) groups is 1. The van der Waals surface area contributed by atoms with Gasteiger partial charge in [-0.15, -0.1) is 0 Å². The minimum Gasteiger partial charge on any atom is -0.481 e. The van der Waals surface area contributed by atoms with Gasteiger partial charge >= 0.3 is 5.97 Å². The summed E-state index contributed by atoms with van der Waals surface area (Å²) in [6.07, 6.45) is 7.64. The maximum Gasteiger partial charge on any atom is 0.303 e. The summed E-state index contributed by atoms with van der Waals surface area (Å²) in [6, 6.07) is 0. The van der Waals surface area contributed by atoms with Crippen LogP contribution in [0.2, 0.25) is 0 Å². The topological polar surface area (TPSA) is 63.3 Å². The standard InChI is InChI=1S/C12H21NO2/c13-8-12(7-11(14)15)5-9-3-1-2-4-10(9)6-12/h9-10H,1-8,13H2,(H,14,15)/t9-,10+,12-. The van der Waals surface area contributed by atoms with Crippen molar-refractivity contribution in [3.8, 4) is 0 Å². The van der Waals surface area contributed by atoms with Crippen molar-refractivity contribution >= 4 is 5.97 Å². The van der Waals surface area contributed by atoms with E-state index in [1.165, 1.54) is 25.7 Å². The second-order valence-corrected chi connectivity index (χ2v) is 5.49. The van der Waals surface area contributed by atoms with Crippen molar-refractivity contribution in [2.24, 2.45) is 23.0 Å². The molecule has 0 amide bonds. The lowest BCUT2D eigenvalue weighted by molar-refractivity contribution is -0.139. The first-order chi connectivity index (χ1) is 7.15. The van der Waals surface area contributed by atoms with E-state index in [0.29, 0.717) is 6.54 Å². The van der Waals surface area contributed by atoms with E-state index in [1.54, 1.807) is 0 Å². The Labute approximate surface area is 91.0 Å². The largest absolute Gasteiger partial charge is 0.481 e. The molecule has 2 fully saturated rings. The van der Waals surface area contributed by atoms with Crippen LogP contribution in [0.5, 0.6) is 0 Å². The molecule has 0 aromatic rings. The molecule has 0 spiro atoms. The summed E-state index contributed by atoms with van der Waals surface area (Å²) < 4.78 is 0. The second kappa shape index (κ2) is 4.12. The number of hydrogen-bond donors (Lipinski definition) is 2. The molecule has 2 saturated carbocycles. The SMILES string of the molecule is NC[C@]1(CC(=O)O)C[C@H]2CCCC[C@H]2C1. The molecule has 0 aromatic heterocycles. The van der Waals surface area contributed by atoms with E-state index in [9.17, 15) is 4.79 Å². The van der Waals surface area contributed by atoms with Crippen molar-refractivity contribution in [3.63, 3.8) is 0 Å². The lowest BCUT2D eigenvalue weighted by atomic mass is 9.81. The number of nitrogens with two attached hydrogens (primary N) is 1. The molecule has 2 aliphatic rings. The van der Waals surface area contributed by atoms with Gasteiger partial charge in [0.15, 0.2) is 0 Å². The summed E-state index contributed by atoms with van der Waals surface area (Å²) in [5.74, 6) is 0.849. The monoisotopic (exact) mass is 211 g/mol. The molecule has 3 heteroatoms. The van der Waals surface area contributed by atoms with Crippen molar-refractivity contribution < 1.29 is 9.90 Å². The molecule has 2 rings (SSSR count). The van der Waals surface area contributed by atoms with Gasteiger partial charge in [-0.3, -0.25) is 4.79 Å². The van der Waals surface area contributed by atoms with Crippen molar-refractivity contribution in [1.82, 2.24) is 0 Å². The molecule has 86 valence electrons. The predicted octanol–water partition coefficient (Wildman–Crippen LogP) is 2.01. The van der Waals surface area contributed by atoms with Crippen LogP contribution in [0.4, 0.5) is 0 Å². The van der Waals surface area contributed by atoms with Gasteiger partial charge in [0.2, 0.25) is 0 Å². The Hall–Kier alpha value is -0.570. The third-order valence-electron chi connectivity index (χ3n) is 4.42. The molecule has 0 bridgehead atoms. The molecule has 3 N–H and O–H groups in total. The van der Waals surface area contributed by atoms with Crippen LogP contribution in [0.25, 0.3) is 0 Å². The van der Waals surface area contributed by atoms with Crippen molar-refractivity contribution in [3.05, 3.63) is 0 Å². The highest BCUT2D eigenvalue weighted by Crippen LogP contribution is 2.52. The lowest BCUT2D eigenvalue weighted by Gasteiger charge is -2.25. The zero-order valence-corrected chi connectivity index (χ0v) is 9.24. The van der Waals surface area contributed by atoms with Crippen LogP contribution in [0.15, 0.2) is 0 Å². The van der Waals surface area contributed by atoms with E-state index in [-0.39, 0.29) is 11.8 Å². The molecule has 3 atom stereocenters. The highest BCUT2D eigenvalue weighted by Gasteiger charge is 2.45. The fourth-order valence-corrected chi connectivity index (χ4v) is 3.72. The van der Waals surface area contributed by atoms with Crippen LogP contribution < -0.4 is 5.73 Å². The van der Waals surface area contributed by atoms with Gasteiger partial charge in [0, 0.05) is 0 Å². The van der Waals surface area contributed by atoms with E-state index in [2.05, 4.69) is 0 Å². The average molecular weight is 211 g/mol. The first-order valence-corrected chi connectivity index (χ1v) is 6.07.